The maximum Gasteiger partial charge on any atom is 0.271 e. The molecule has 1 heterocycles. The quantitative estimate of drug-likeness (QED) is 0.876. The lowest BCUT2D eigenvalue weighted by atomic mass is 10.2. The van der Waals surface area contributed by atoms with Gasteiger partial charge < -0.3 is 10.2 Å². The highest BCUT2D eigenvalue weighted by Crippen LogP contribution is 2.12. The first-order chi connectivity index (χ1) is 8.56. The van der Waals surface area contributed by atoms with Crippen LogP contribution in [0, 0.1) is 0 Å². The summed E-state index contributed by atoms with van der Waals surface area (Å²) >= 11 is 3.32. The minimum Gasteiger partial charge on any atom is -0.349 e. The van der Waals surface area contributed by atoms with Crippen LogP contribution in [0.5, 0.6) is 0 Å². The first-order valence-corrected chi connectivity index (χ1v) is 6.94. The highest BCUT2D eigenvalue weighted by molar-refractivity contribution is 9.10. The number of hydrogen-bond acceptors (Lipinski definition) is 3. The molecule has 1 N–H and O–H groups in total. The number of aromatic nitrogens is 1. The van der Waals surface area contributed by atoms with Gasteiger partial charge in [0.1, 0.15) is 5.69 Å². The molecular formula is C13H20BrN3O. The van der Waals surface area contributed by atoms with Crippen molar-refractivity contribution in [2.75, 3.05) is 20.1 Å². The Morgan fingerprint density at radius 2 is 2.33 bits per heavy atom. The van der Waals surface area contributed by atoms with Crippen LogP contribution >= 0.6 is 15.9 Å². The summed E-state index contributed by atoms with van der Waals surface area (Å²) in [5, 5.41) is 2.88. The van der Waals surface area contributed by atoms with Gasteiger partial charge in [0.15, 0.2) is 0 Å². The van der Waals surface area contributed by atoms with Gasteiger partial charge in [-0.15, -0.1) is 0 Å². The number of hydrogen-bond donors (Lipinski definition) is 1. The van der Waals surface area contributed by atoms with Gasteiger partial charge in [-0.3, -0.25) is 4.79 Å². The fraction of sp³-hybridized carbons (Fsp3) is 0.538. The van der Waals surface area contributed by atoms with Crippen molar-refractivity contribution < 1.29 is 4.79 Å². The molecule has 0 aromatic carbocycles. The molecule has 1 rings (SSSR count). The molecule has 4 nitrogen and oxygen atoms in total. The third-order valence-electron chi connectivity index (χ3n) is 3.07. The summed E-state index contributed by atoms with van der Waals surface area (Å²) in [5.41, 5.74) is 0.434. The van der Waals surface area contributed by atoms with Crippen molar-refractivity contribution >= 4 is 21.8 Å². The van der Waals surface area contributed by atoms with Gasteiger partial charge in [-0.25, -0.2) is 4.98 Å². The minimum atomic E-state index is -0.139. The summed E-state index contributed by atoms with van der Waals surface area (Å²) < 4.78 is 0.720. The van der Waals surface area contributed by atoms with Gasteiger partial charge in [-0.05, 0) is 48.5 Å². The number of carbonyl (C=O) groups excluding carboxylic acids is 1. The second-order valence-electron chi connectivity index (χ2n) is 4.33. The minimum absolute atomic E-state index is 0.139. The highest BCUT2D eigenvalue weighted by Gasteiger charge is 2.11. The lowest BCUT2D eigenvalue weighted by Gasteiger charge is -2.23. The van der Waals surface area contributed by atoms with Crippen molar-refractivity contribution in [2.24, 2.45) is 0 Å². The molecule has 1 aromatic heterocycles. The third-order valence-corrected chi connectivity index (χ3v) is 3.71. The molecule has 1 atom stereocenters. The van der Waals surface area contributed by atoms with Crippen LogP contribution in [0.4, 0.5) is 0 Å². The zero-order valence-corrected chi connectivity index (χ0v) is 12.7. The molecule has 0 fully saturated rings. The molecule has 5 heteroatoms. The molecule has 0 radical (unpaired) electrons. The van der Waals surface area contributed by atoms with E-state index in [-0.39, 0.29) is 5.91 Å². The van der Waals surface area contributed by atoms with Gasteiger partial charge in [0.25, 0.3) is 5.91 Å². The number of amides is 1. The van der Waals surface area contributed by atoms with E-state index in [0.717, 1.165) is 17.4 Å². The van der Waals surface area contributed by atoms with Crippen LogP contribution in [-0.2, 0) is 0 Å². The van der Waals surface area contributed by atoms with Gasteiger partial charge in [0, 0.05) is 29.8 Å². The Labute approximate surface area is 117 Å². The first kappa shape index (κ1) is 15.1. The predicted octanol–water partition coefficient (Wildman–Crippen LogP) is 2.30. The number of carbonyl (C=O) groups is 1. The monoisotopic (exact) mass is 313 g/mol. The molecular weight excluding hydrogens is 294 g/mol. The van der Waals surface area contributed by atoms with E-state index in [1.165, 1.54) is 0 Å². The number of nitrogens with zero attached hydrogens (tertiary/aromatic N) is 2. The van der Waals surface area contributed by atoms with Gasteiger partial charge >= 0.3 is 0 Å². The zero-order valence-electron chi connectivity index (χ0n) is 11.1. The van der Waals surface area contributed by atoms with E-state index in [9.17, 15) is 4.79 Å². The Balaban J connectivity index is 2.41. The van der Waals surface area contributed by atoms with E-state index in [0.29, 0.717) is 18.3 Å². The summed E-state index contributed by atoms with van der Waals surface area (Å²) in [6, 6.07) is 4.13. The maximum atomic E-state index is 11.9. The average molecular weight is 314 g/mol. The lowest BCUT2D eigenvalue weighted by Crippen LogP contribution is -2.37. The molecule has 18 heavy (non-hydrogen) atoms. The van der Waals surface area contributed by atoms with Crippen LogP contribution < -0.4 is 5.32 Å². The SMILES string of the molecule is CCC(C)N(C)CCNC(=O)c1ncccc1Br. The van der Waals surface area contributed by atoms with Crippen LogP contribution in [0.2, 0.25) is 0 Å². The summed E-state index contributed by atoms with van der Waals surface area (Å²) in [6.07, 6.45) is 2.72. The molecule has 1 amide bonds. The summed E-state index contributed by atoms with van der Waals surface area (Å²) in [5.74, 6) is -0.139. The van der Waals surface area contributed by atoms with Crippen molar-refractivity contribution in [2.45, 2.75) is 26.3 Å². The smallest absolute Gasteiger partial charge is 0.271 e. The molecule has 0 spiro atoms. The molecule has 1 unspecified atom stereocenters. The summed E-state index contributed by atoms with van der Waals surface area (Å²) in [4.78, 5) is 18.1. The largest absolute Gasteiger partial charge is 0.349 e. The molecule has 1 aromatic rings. The molecule has 0 aliphatic heterocycles. The molecule has 0 aliphatic rings. The van der Waals surface area contributed by atoms with Gasteiger partial charge in [-0.2, -0.15) is 0 Å². The Morgan fingerprint density at radius 3 is 2.94 bits per heavy atom. The summed E-state index contributed by atoms with van der Waals surface area (Å²) in [7, 11) is 2.07. The van der Waals surface area contributed by atoms with E-state index in [1.54, 1.807) is 12.3 Å². The van der Waals surface area contributed by atoms with Crippen LogP contribution in [0.3, 0.4) is 0 Å². The third kappa shape index (κ3) is 4.38. The van der Waals surface area contributed by atoms with Crippen molar-refractivity contribution in [3.05, 3.63) is 28.5 Å². The Hall–Kier alpha value is -0.940. The molecule has 0 aliphatic carbocycles. The fourth-order valence-corrected chi connectivity index (χ4v) is 1.95. The van der Waals surface area contributed by atoms with Crippen molar-refractivity contribution in [1.82, 2.24) is 15.2 Å². The Morgan fingerprint density at radius 1 is 1.61 bits per heavy atom. The van der Waals surface area contributed by atoms with Crippen molar-refractivity contribution in [1.29, 1.82) is 0 Å². The summed E-state index contributed by atoms with van der Waals surface area (Å²) in [6.45, 7) is 5.80. The number of rotatable bonds is 6. The van der Waals surface area contributed by atoms with E-state index >= 15 is 0 Å². The number of nitrogens with one attached hydrogen (secondary N) is 1. The standard InChI is InChI=1S/C13H20BrN3O/c1-4-10(2)17(3)9-8-16-13(18)12-11(14)6-5-7-15-12/h5-7,10H,4,8-9H2,1-3H3,(H,16,18). The van der Waals surface area contributed by atoms with Gasteiger partial charge in [-0.1, -0.05) is 6.92 Å². The van der Waals surface area contributed by atoms with Gasteiger partial charge in [0.2, 0.25) is 0 Å². The predicted molar refractivity (Wildman–Crippen MR) is 76.7 cm³/mol. The topological polar surface area (TPSA) is 45.2 Å². The number of pyridine rings is 1. The maximum absolute atomic E-state index is 11.9. The van der Waals surface area contributed by atoms with Crippen molar-refractivity contribution in [3.63, 3.8) is 0 Å². The van der Waals surface area contributed by atoms with E-state index in [4.69, 9.17) is 0 Å². The highest BCUT2D eigenvalue weighted by atomic mass is 79.9. The van der Waals surface area contributed by atoms with E-state index < -0.39 is 0 Å². The molecule has 0 saturated heterocycles. The van der Waals surface area contributed by atoms with Crippen LogP contribution in [0.25, 0.3) is 0 Å². The second kappa shape index (κ2) is 7.48. The average Bonchev–Trinajstić information content (AvgIpc) is 2.37. The Kier molecular flexibility index (Phi) is 6.29. The first-order valence-electron chi connectivity index (χ1n) is 6.15. The Bertz CT molecular complexity index is 398. The second-order valence-corrected chi connectivity index (χ2v) is 5.18. The molecule has 0 saturated carbocycles. The van der Waals surface area contributed by atoms with E-state index in [1.807, 2.05) is 6.07 Å². The number of halogens is 1. The lowest BCUT2D eigenvalue weighted by molar-refractivity contribution is 0.0941. The number of likely N-dealkylation sites (N-methyl/N-ethyl adjacent to an activating group) is 1. The van der Waals surface area contributed by atoms with E-state index in [2.05, 4.69) is 52.0 Å². The fourth-order valence-electron chi connectivity index (χ4n) is 1.51. The zero-order chi connectivity index (χ0) is 13.5. The van der Waals surface area contributed by atoms with Crippen LogP contribution in [-0.4, -0.2) is 42.0 Å². The molecule has 100 valence electrons. The van der Waals surface area contributed by atoms with Crippen LogP contribution in [0.1, 0.15) is 30.8 Å². The molecule has 0 bridgehead atoms. The van der Waals surface area contributed by atoms with Crippen molar-refractivity contribution in [3.8, 4) is 0 Å². The van der Waals surface area contributed by atoms with Crippen LogP contribution in [0.15, 0.2) is 22.8 Å². The van der Waals surface area contributed by atoms with Gasteiger partial charge in [0.05, 0.1) is 0 Å². The normalized spacial score (nSPS) is 12.5.